The van der Waals surface area contributed by atoms with Gasteiger partial charge in [0, 0.05) is 18.8 Å². The number of rotatable bonds is 5. The number of nitrogens with one attached hydrogen (secondary N) is 1. The van der Waals surface area contributed by atoms with E-state index in [2.05, 4.69) is 5.32 Å². The molecule has 1 aromatic rings. The van der Waals surface area contributed by atoms with E-state index in [-0.39, 0.29) is 35.5 Å². The molecule has 0 unspecified atom stereocenters. The van der Waals surface area contributed by atoms with Gasteiger partial charge >= 0.3 is 0 Å². The average molecular weight is 364 g/mol. The van der Waals surface area contributed by atoms with Crippen molar-refractivity contribution in [2.24, 2.45) is 5.73 Å². The predicted octanol–water partition coefficient (Wildman–Crippen LogP) is 1.19. The second-order valence-electron chi connectivity index (χ2n) is 5.08. The van der Waals surface area contributed by atoms with Crippen LogP contribution in [0.4, 0.5) is 5.69 Å². The number of ether oxygens (including phenoxy) is 1. The Hall–Kier alpha value is -1.35. The van der Waals surface area contributed by atoms with Crippen LogP contribution in [0, 0.1) is 0 Å². The van der Waals surface area contributed by atoms with Crippen molar-refractivity contribution >= 4 is 34.0 Å². The Morgan fingerprint density at radius 2 is 1.96 bits per heavy atom. The quantitative estimate of drug-likeness (QED) is 0.818. The molecular formula is C14H22ClN3O4S. The normalized spacial score (nSPS) is 15.6. The zero-order valence-electron chi connectivity index (χ0n) is 12.9. The second kappa shape index (κ2) is 8.49. The van der Waals surface area contributed by atoms with Crippen LogP contribution in [0.2, 0.25) is 0 Å². The van der Waals surface area contributed by atoms with Crippen LogP contribution >= 0.6 is 12.4 Å². The number of carbonyl (C=O) groups excluding carboxylic acids is 1. The van der Waals surface area contributed by atoms with Gasteiger partial charge in [-0.3, -0.25) is 4.79 Å². The molecule has 0 aliphatic carbocycles. The Morgan fingerprint density at radius 1 is 1.30 bits per heavy atom. The highest BCUT2D eigenvalue weighted by atomic mass is 35.5. The third-order valence-electron chi connectivity index (χ3n) is 3.57. The topological polar surface area (TPSA) is 102 Å². The Bertz CT molecular complexity index is 645. The smallest absolute Gasteiger partial charge is 0.246 e. The van der Waals surface area contributed by atoms with Crippen LogP contribution in [0.5, 0.6) is 5.75 Å². The fraction of sp³-hybridized carbons (Fsp3) is 0.500. The SMILES string of the molecule is COc1ccc(NC(=O)CN)cc1S(=O)(=O)N1CCCCC1.Cl. The Balaban J connectivity index is 0.00000264. The van der Waals surface area contributed by atoms with Gasteiger partial charge in [-0.05, 0) is 31.0 Å². The van der Waals surface area contributed by atoms with E-state index in [0.29, 0.717) is 18.8 Å². The van der Waals surface area contributed by atoms with Crippen LogP contribution in [0.25, 0.3) is 0 Å². The zero-order valence-corrected chi connectivity index (χ0v) is 14.6. The lowest BCUT2D eigenvalue weighted by atomic mass is 10.2. The van der Waals surface area contributed by atoms with Crippen molar-refractivity contribution in [3.05, 3.63) is 18.2 Å². The minimum absolute atomic E-state index is 0. The highest BCUT2D eigenvalue weighted by molar-refractivity contribution is 7.89. The zero-order chi connectivity index (χ0) is 16.2. The number of halogens is 1. The molecule has 0 saturated carbocycles. The van der Waals surface area contributed by atoms with Gasteiger partial charge in [0.05, 0.1) is 13.7 Å². The third-order valence-corrected chi connectivity index (χ3v) is 5.49. The summed E-state index contributed by atoms with van der Waals surface area (Å²) < 4.78 is 32.2. The van der Waals surface area contributed by atoms with Crippen molar-refractivity contribution in [1.82, 2.24) is 4.31 Å². The summed E-state index contributed by atoms with van der Waals surface area (Å²) in [4.78, 5) is 11.4. The van der Waals surface area contributed by atoms with E-state index < -0.39 is 10.0 Å². The van der Waals surface area contributed by atoms with Crippen LogP contribution in [0.15, 0.2) is 23.1 Å². The molecule has 1 heterocycles. The molecule has 1 saturated heterocycles. The average Bonchev–Trinajstić information content (AvgIpc) is 2.55. The first-order valence-corrected chi connectivity index (χ1v) is 8.61. The van der Waals surface area contributed by atoms with Gasteiger partial charge in [-0.1, -0.05) is 6.42 Å². The van der Waals surface area contributed by atoms with Crippen LogP contribution in [-0.2, 0) is 14.8 Å². The summed E-state index contributed by atoms with van der Waals surface area (Å²) in [6, 6.07) is 4.53. The molecule has 0 spiro atoms. The minimum Gasteiger partial charge on any atom is -0.495 e. The maximum Gasteiger partial charge on any atom is 0.246 e. The van der Waals surface area contributed by atoms with E-state index in [4.69, 9.17) is 10.5 Å². The minimum atomic E-state index is -3.64. The summed E-state index contributed by atoms with van der Waals surface area (Å²) in [6.07, 6.45) is 2.74. The molecule has 1 amide bonds. The fourth-order valence-electron chi connectivity index (χ4n) is 2.41. The third kappa shape index (κ3) is 4.57. The first kappa shape index (κ1) is 19.7. The molecule has 1 fully saturated rings. The molecule has 7 nitrogen and oxygen atoms in total. The second-order valence-corrected chi connectivity index (χ2v) is 6.99. The molecule has 9 heteroatoms. The highest BCUT2D eigenvalue weighted by Gasteiger charge is 2.29. The van der Waals surface area contributed by atoms with E-state index >= 15 is 0 Å². The van der Waals surface area contributed by atoms with Gasteiger partial charge in [-0.25, -0.2) is 8.42 Å². The van der Waals surface area contributed by atoms with Gasteiger partial charge in [0.15, 0.2) is 0 Å². The number of amides is 1. The predicted molar refractivity (Wildman–Crippen MR) is 90.5 cm³/mol. The number of methoxy groups -OCH3 is 1. The molecule has 3 N–H and O–H groups in total. The van der Waals surface area contributed by atoms with Crippen LogP contribution < -0.4 is 15.8 Å². The number of sulfonamides is 1. The lowest BCUT2D eigenvalue weighted by Gasteiger charge is -2.26. The lowest BCUT2D eigenvalue weighted by molar-refractivity contribution is -0.114. The molecule has 0 radical (unpaired) electrons. The van der Waals surface area contributed by atoms with Crippen molar-refractivity contribution in [2.45, 2.75) is 24.2 Å². The maximum atomic E-state index is 12.8. The van der Waals surface area contributed by atoms with Crippen LogP contribution in [-0.4, -0.2) is 45.4 Å². The monoisotopic (exact) mass is 363 g/mol. The van der Waals surface area contributed by atoms with E-state index in [1.165, 1.54) is 23.5 Å². The largest absolute Gasteiger partial charge is 0.495 e. The number of nitrogens with two attached hydrogens (primary N) is 1. The van der Waals surface area contributed by atoms with E-state index in [0.717, 1.165) is 19.3 Å². The lowest BCUT2D eigenvalue weighted by Crippen LogP contribution is -2.35. The van der Waals surface area contributed by atoms with Crippen molar-refractivity contribution in [3.63, 3.8) is 0 Å². The molecule has 1 aliphatic heterocycles. The van der Waals surface area contributed by atoms with E-state index in [9.17, 15) is 13.2 Å². The first-order valence-electron chi connectivity index (χ1n) is 7.17. The van der Waals surface area contributed by atoms with Crippen molar-refractivity contribution in [3.8, 4) is 5.75 Å². The summed E-state index contributed by atoms with van der Waals surface area (Å²) in [7, 11) is -2.22. The van der Waals surface area contributed by atoms with E-state index in [1.54, 1.807) is 6.07 Å². The van der Waals surface area contributed by atoms with Gasteiger partial charge < -0.3 is 15.8 Å². The van der Waals surface area contributed by atoms with Gasteiger partial charge in [-0.2, -0.15) is 4.31 Å². The van der Waals surface area contributed by atoms with Crippen molar-refractivity contribution in [2.75, 3.05) is 32.1 Å². The molecule has 1 aromatic carbocycles. The number of carbonyl (C=O) groups is 1. The van der Waals surface area contributed by atoms with Crippen molar-refractivity contribution in [1.29, 1.82) is 0 Å². The number of nitrogens with zero attached hydrogens (tertiary/aromatic N) is 1. The molecule has 0 aromatic heterocycles. The summed E-state index contributed by atoms with van der Waals surface area (Å²) in [5.41, 5.74) is 5.63. The number of hydrogen-bond donors (Lipinski definition) is 2. The van der Waals surface area contributed by atoms with Gasteiger partial charge in [0.25, 0.3) is 0 Å². The molecule has 1 aliphatic rings. The molecule has 0 atom stereocenters. The Labute approximate surface area is 142 Å². The summed E-state index contributed by atoms with van der Waals surface area (Å²) in [6.45, 7) is 0.843. The Morgan fingerprint density at radius 3 is 2.52 bits per heavy atom. The number of benzene rings is 1. The summed E-state index contributed by atoms with van der Waals surface area (Å²) >= 11 is 0. The van der Waals surface area contributed by atoms with Gasteiger partial charge in [-0.15, -0.1) is 12.4 Å². The maximum absolute atomic E-state index is 12.8. The molecule has 2 rings (SSSR count). The molecule has 0 bridgehead atoms. The standard InChI is InChI=1S/C14H21N3O4S.ClH/c1-21-12-6-5-11(16-14(18)10-15)9-13(12)22(19,20)17-7-3-2-4-8-17;/h5-6,9H,2-4,7-8,10,15H2,1H3,(H,16,18);1H. The molecular weight excluding hydrogens is 342 g/mol. The van der Waals surface area contributed by atoms with Gasteiger partial charge in [0.2, 0.25) is 15.9 Å². The summed E-state index contributed by atoms with van der Waals surface area (Å²) in [5, 5.41) is 2.56. The van der Waals surface area contributed by atoms with Crippen molar-refractivity contribution < 1.29 is 17.9 Å². The Kier molecular flexibility index (Phi) is 7.27. The van der Waals surface area contributed by atoms with Crippen LogP contribution in [0.3, 0.4) is 0 Å². The van der Waals surface area contributed by atoms with E-state index in [1.807, 2.05) is 0 Å². The number of anilines is 1. The fourth-order valence-corrected chi connectivity index (χ4v) is 4.11. The molecule has 23 heavy (non-hydrogen) atoms. The number of piperidine rings is 1. The van der Waals surface area contributed by atoms with Crippen LogP contribution in [0.1, 0.15) is 19.3 Å². The first-order chi connectivity index (χ1) is 10.5. The molecule has 130 valence electrons. The van der Waals surface area contributed by atoms with Gasteiger partial charge in [0.1, 0.15) is 10.6 Å². The highest BCUT2D eigenvalue weighted by Crippen LogP contribution is 2.31. The summed E-state index contributed by atoms with van der Waals surface area (Å²) in [5.74, 6) is -0.122. The number of hydrogen-bond acceptors (Lipinski definition) is 5.